The Bertz CT molecular complexity index is 943. The van der Waals surface area contributed by atoms with Crippen LogP contribution in [-0.4, -0.2) is 30.7 Å². The summed E-state index contributed by atoms with van der Waals surface area (Å²) in [6.45, 7) is 2.35. The summed E-state index contributed by atoms with van der Waals surface area (Å²) in [5.74, 6) is 0.610. The summed E-state index contributed by atoms with van der Waals surface area (Å²) in [7, 11) is -3.66. The van der Waals surface area contributed by atoms with Gasteiger partial charge < -0.3 is 9.84 Å². The Morgan fingerprint density at radius 1 is 1.08 bits per heavy atom. The zero-order valence-corrected chi connectivity index (χ0v) is 14.2. The highest BCUT2D eigenvalue weighted by Gasteiger charge is 2.19. The molecule has 0 aliphatic rings. The van der Waals surface area contributed by atoms with Crippen molar-refractivity contribution in [2.24, 2.45) is 0 Å². The van der Waals surface area contributed by atoms with Gasteiger partial charge in [0.15, 0.2) is 0 Å². The lowest BCUT2D eigenvalue weighted by Crippen LogP contribution is -2.11. The van der Waals surface area contributed by atoms with Crippen molar-refractivity contribution < 1.29 is 18.3 Å². The molecule has 6 heteroatoms. The van der Waals surface area contributed by atoms with E-state index >= 15 is 0 Å². The molecular weight excluding hydrogens is 326 g/mol. The minimum absolute atomic E-state index is 0.0544. The van der Waals surface area contributed by atoms with Gasteiger partial charge in [0.25, 0.3) is 10.0 Å². The average Bonchev–Trinajstić information content (AvgIpc) is 3.01. The van der Waals surface area contributed by atoms with E-state index in [0.717, 1.165) is 10.9 Å². The van der Waals surface area contributed by atoms with Crippen molar-refractivity contribution in [3.8, 4) is 5.75 Å². The zero-order chi connectivity index (χ0) is 17.2. The highest BCUT2D eigenvalue weighted by molar-refractivity contribution is 7.90. The molecule has 1 N–H and O–H groups in total. The molecule has 0 fully saturated rings. The van der Waals surface area contributed by atoms with E-state index in [1.54, 1.807) is 54.7 Å². The monoisotopic (exact) mass is 345 g/mol. The van der Waals surface area contributed by atoms with E-state index < -0.39 is 10.0 Å². The Labute approximate surface area is 141 Å². The van der Waals surface area contributed by atoms with Crippen LogP contribution in [-0.2, 0) is 10.0 Å². The molecule has 3 rings (SSSR count). The second kappa shape index (κ2) is 6.67. The molecule has 0 radical (unpaired) electrons. The summed E-state index contributed by atoms with van der Waals surface area (Å²) in [5, 5.41) is 9.58. The van der Waals surface area contributed by atoms with Crippen LogP contribution in [0.5, 0.6) is 5.75 Å². The third-order valence-electron chi connectivity index (χ3n) is 3.79. The molecule has 0 unspecified atom stereocenters. The standard InChI is InChI=1S/C18H19NO4S/c1-14-6-8-15(9-7-14)24(21,22)19-11-10-16-17(19)4-2-5-18(16)23-13-3-12-20/h2,4-11,20H,3,12-13H2,1H3. The van der Waals surface area contributed by atoms with Crippen molar-refractivity contribution >= 4 is 20.9 Å². The van der Waals surface area contributed by atoms with Crippen LogP contribution in [0.1, 0.15) is 12.0 Å². The molecule has 0 spiro atoms. The summed E-state index contributed by atoms with van der Waals surface area (Å²) in [4.78, 5) is 0.247. The van der Waals surface area contributed by atoms with Gasteiger partial charge in [-0.15, -0.1) is 0 Å². The number of fused-ring (bicyclic) bond motifs is 1. The maximum atomic E-state index is 12.9. The van der Waals surface area contributed by atoms with Crippen LogP contribution in [0, 0.1) is 6.92 Å². The van der Waals surface area contributed by atoms with Gasteiger partial charge in [0.05, 0.1) is 17.0 Å². The van der Waals surface area contributed by atoms with Crippen molar-refractivity contribution in [2.75, 3.05) is 13.2 Å². The van der Waals surface area contributed by atoms with Crippen LogP contribution in [0.2, 0.25) is 0 Å². The Morgan fingerprint density at radius 3 is 2.54 bits per heavy atom. The first-order chi connectivity index (χ1) is 11.5. The van der Waals surface area contributed by atoms with Gasteiger partial charge >= 0.3 is 0 Å². The van der Waals surface area contributed by atoms with Crippen molar-refractivity contribution in [1.82, 2.24) is 3.97 Å². The van der Waals surface area contributed by atoms with Crippen molar-refractivity contribution in [3.05, 3.63) is 60.3 Å². The fourth-order valence-corrected chi connectivity index (χ4v) is 3.87. The normalized spacial score (nSPS) is 11.8. The quantitative estimate of drug-likeness (QED) is 0.698. The number of hydrogen-bond acceptors (Lipinski definition) is 4. The molecule has 0 amide bonds. The summed E-state index contributed by atoms with van der Waals surface area (Å²) in [6.07, 6.45) is 2.07. The van der Waals surface area contributed by atoms with Gasteiger partial charge in [0.1, 0.15) is 5.75 Å². The van der Waals surface area contributed by atoms with Crippen LogP contribution >= 0.6 is 0 Å². The van der Waals surface area contributed by atoms with Crippen LogP contribution in [0.4, 0.5) is 0 Å². The van der Waals surface area contributed by atoms with E-state index in [4.69, 9.17) is 9.84 Å². The first-order valence-electron chi connectivity index (χ1n) is 7.70. The van der Waals surface area contributed by atoms with E-state index in [1.807, 2.05) is 6.92 Å². The molecule has 0 saturated carbocycles. The molecule has 24 heavy (non-hydrogen) atoms. The molecule has 2 aromatic carbocycles. The first-order valence-corrected chi connectivity index (χ1v) is 9.14. The third-order valence-corrected chi connectivity index (χ3v) is 5.50. The van der Waals surface area contributed by atoms with Crippen LogP contribution in [0.3, 0.4) is 0 Å². The Balaban J connectivity index is 2.04. The van der Waals surface area contributed by atoms with Crippen molar-refractivity contribution in [1.29, 1.82) is 0 Å². The summed E-state index contributed by atoms with van der Waals surface area (Å²) >= 11 is 0. The molecule has 0 bridgehead atoms. The number of aryl methyl sites for hydroxylation is 1. The second-order valence-corrected chi connectivity index (χ2v) is 7.36. The Morgan fingerprint density at radius 2 is 1.83 bits per heavy atom. The van der Waals surface area contributed by atoms with E-state index in [2.05, 4.69) is 0 Å². The Hall–Kier alpha value is -2.31. The molecule has 1 heterocycles. The summed E-state index contributed by atoms with van der Waals surface area (Å²) < 4.78 is 32.7. The number of aliphatic hydroxyl groups excluding tert-OH is 1. The molecule has 126 valence electrons. The molecule has 3 aromatic rings. The molecule has 0 aliphatic carbocycles. The molecule has 0 saturated heterocycles. The van der Waals surface area contributed by atoms with E-state index in [-0.39, 0.29) is 11.5 Å². The van der Waals surface area contributed by atoms with E-state index in [1.165, 1.54) is 3.97 Å². The maximum Gasteiger partial charge on any atom is 0.268 e. The lowest BCUT2D eigenvalue weighted by Gasteiger charge is -2.10. The number of aliphatic hydroxyl groups is 1. The van der Waals surface area contributed by atoms with Crippen LogP contribution in [0.15, 0.2) is 59.6 Å². The van der Waals surface area contributed by atoms with E-state index in [0.29, 0.717) is 24.3 Å². The zero-order valence-electron chi connectivity index (χ0n) is 13.3. The number of rotatable bonds is 6. The summed E-state index contributed by atoms with van der Waals surface area (Å²) in [6, 6.07) is 13.8. The van der Waals surface area contributed by atoms with Gasteiger partial charge in [-0.3, -0.25) is 0 Å². The SMILES string of the molecule is Cc1ccc(S(=O)(=O)n2ccc3c(OCCCO)cccc32)cc1. The maximum absolute atomic E-state index is 12.9. The highest BCUT2D eigenvalue weighted by atomic mass is 32.2. The van der Waals surface area contributed by atoms with E-state index in [9.17, 15) is 8.42 Å². The number of hydrogen-bond donors (Lipinski definition) is 1. The average molecular weight is 345 g/mol. The number of aromatic nitrogens is 1. The van der Waals surface area contributed by atoms with Gasteiger partial charge in [-0.2, -0.15) is 0 Å². The fourth-order valence-electron chi connectivity index (χ4n) is 2.52. The molecule has 5 nitrogen and oxygen atoms in total. The Kier molecular flexibility index (Phi) is 4.59. The molecule has 1 aromatic heterocycles. The lowest BCUT2D eigenvalue weighted by molar-refractivity contribution is 0.235. The minimum atomic E-state index is -3.66. The second-order valence-electron chi connectivity index (χ2n) is 5.54. The molecule has 0 atom stereocenters. The lowest BCUT2D eigenvalue weighted by atomic mass is 10.2. The van der Waals surface area contributed by atoms with Gasteiger partial charge in [-0.1, -0.05) is 23.8 Å². The summed E-state index contributed by atoms with van der Waals surface area (Å²) in [5.41, 5.74) is 1.57. The van der Waals surface area contributed by atoms with Crippen molar-refractivity contribution in [2.45, 2.75) is 18.2 Å². The van der Waals surface area contributed by atoms with Gasteiger partial charge in [-0.25, -0.2) is 12.4 Å². The largest absolute Gasteiger partial charge is 0.493 e. The van der Waals surface area contributed by atoms with Crippen LogP contribution < -0.4 is 4.74 Å². The predicted molar refractivity (Wildman–Crippen MR) is 92.9 cm³/mol. The van der Waals surface area contributed by atoms with Gasteiger partial charge in [-0.05, 0) is 37.3 Å². The van der Waals surface area contributed by atoms with Crippen LogP contribution in [0.25, 0.3) is 10.9 Å². The number of benzene rings is 2. The molecular formula is C18H19NO4S. The predicted octanol–water partition coefficient (Wildman–Crippen LogP) is 2.95. The topological polar surface area (TPSA) is 68.5 Å². The number of nitrogens with zero attached hydrogens (tertiary/aromatic N) is 1. The van der Waals surface area contributed by atoms with Crippen molar-refractivity contribution in [3.63, 3.8) is 0 Å². The number of ether oxygens (including phenoxy) is 1. The minimum Gasteiger partial charge on any atom is -0.493 e. The fraction of sp³-hybridized carbons (Fsp3) is 0.222. The highest BCUT2D eigenvalue weighted by Crippen LogP contribution is 2.29. The van der Waals surface area contributed by atoms with Gasteiger partial charge in [0, 0.05) is 24.6 Å². The third kappa shape index (κ3) is 3.02. The van der Waals surface area contributed by atoms with Gasteiger partial charge in [0.2, 0.25) is 0 Å². The first kappa shape index (κ1) is 16.5. The molecule has 0 aliphatic heterocycles. The smallest absolute Gasteiger partial charge is 0.268 e.